The Morgan fingerprint density at radius 2 is 2.00 bits per heavy atom. The fraction of sp³-hybridized carbons (Fsp3) is 0.684. The summed E-state index contributed by atoms with van der Waals surface area (Å²) in [5, 5.41) is 6.55. The van der Waals surface area contributed by atoms with Crippen molar-refractivity contribution in [3.8, 4) is 0 Å². The van der Waals surface area contributed by atoms with Gasteiger partial charge in [0.2, 0.25) is 16.0 Å². The molecule has 0 radical (unpaired) electrons. The zero-order chi connectivity index (χ0) is 20.9. The Kier molecular flexibility index (Phi) is 5.14. The molecule has 4 heterocycles. The fourth-order valence-electron chi connectivity index (χ4n) is 4.41. The molecule has 2 N–H and O–H groups in total. The highest BCUT2D eigenvalue weighted by Gasteiger charge is 2.43. The van der Waals surface area contributed by atoms with Crippen molar-refractivity contribution >= 4 is 27.0 Å². The molecule has 5 rings (SSSR count). The number of fused-ring (bicyclic) bond motifs is 1. The van der Waals surface area contributed by atoms with Gasteiger partial charge in [-0.05, 0) is 38.3 Å². The van der Waals surface area contributed by atoms with Gasteiger partial charge in [-0.3, -0.25) is 0 Å². The van der Waals surface area contributed by atoms with Crippen LogP contribution in [0.25, 0.3) is 11.0 Å². The second kappa shape index (κ2) is 7.69. The van der Waals surface area contributed by atoms with Gasteiger partial charge in [0.25, 0.3) is 0 Å². The molecule has 4 atom stereocenters. The van der Waals surface area contributed by atoms with Crippen LogP contribution in [0, 0.1) is 0 Å². The van der Waals surface area contributed by atoms with E-state index in [0.29, 0.717) is 37.9 Å². The third-order valence-corrected chi connectivity index (χ3v) is 8.68. The van der Waals surface area contributed by atoms with E-state index in [1.54, 1.807) is 6.20 Å². The van der Waals surface area contributed by atoms with Gasteiger partial charge in [-0.2, -0.15) is 9.29 Å². The van der Waals surface area contributed by atoms with Gasteiger partial charge in [0.05, 0.1) is 17.3 Å². The zero-order valence-electron chi connectivity index (χ0n) is 16.5. The van der Waals surface area contributed by atoms with Crippen LogP contribution in [0.1, 0.15) is 31.7 Å². The average Bonchev–Trinajstić information content (AvgIpc) is 3.51. The van der Waals surface area contributed by atoms with E-state index in [-0.39, 0.29) is 30.3 Å². The molecule has 2 aromatic rings. The Balaban J connectivity index is 1.31. The summed E-state index contributed by atoms with van der Waals surface area (Å²) in [6.45, 7) is 1.20. The number of rotatable bonds is 5. The van der Waals surface area contributed by atoms with E-state index in [1.165, 1.54) is 4.31 Å². The Bertz CT molecular complexity index is 1030. The van der Waals surface area contributed by atoms with Gasteiger partial charge in [-0.15, -0.1) is 0 Å². The number of nitrogens with zero attached hydrogens (tertiary/aromatic N) is 4. The van der Waals surface area contributed by atoms with Crippen molar-refractivity contribution in [2.45, 2.75) is 55.4 Å². The van der Waals surface area contributed by atoms with E-state index in [4.69, 9.17) is 0 Å². The number of anilines is 1. The van der Waals surface area contributed by atoms with Crippen LogP contribution in [0.2, 0.25) is 0 Å². The number of sulfonamides is 1. The Hall–Kier alpha value is -1.85. The number of hydrogen-bond donors (Lipinski definition) is 2. The van der Waals surface area contributed by atoms with Crippen LogP contribution in [0.4, 0.5) is 14.7 Å². The molecule has 0 bridgehead atoms. The number of piperidine rings is 2. The summed E-state index contributed by atoms with van der Waals surface area (Å²) in [5.41, 5.74) is 0.617. The minimum Gasteiger partial charge on any atom is -0.348 e. The topological polar surface area (TPSA) is 92.2 Å². The first-order valence-electron chi connectivity index (χ1n) is 10.5. The van der Waals surface area contributed by atoms with E-state index in [2.05, 4.69) is 20.6 Å². The maximum atomic E-state index is 14.8. The van der Waals surface area contributed by atoms with Gasteiger partial charge < -0.3 is 15.2 Å². The van der Waals surface area contributed by atoms with Crippen molar-refractivity contribution in [2.24, 2.45) is 0 Å². The molecule has 30 heavy (non-hydrogen) atoms. The maximum Gasteiger partial charge on any atom is 0.224 e. The number of halogens is 2. The van der Waals surface area contributed by atoms with Crippen LogP contribution in [0.15, 0.2) is 18.5 Å². The van der Waals surface area contributed by atoms with Crippen LogP contribution in [-0.4, -0.2) is 77.1 Å². The SMILES string of the molecule is O=S(=O)(C1CC1)N1CC[C@@H](Nc2ncc3ccn([C@H]4CCNC[C@@H]4F)c3n2)[C@H](F)C1. The average molecular weight is 441 g/mol. The molecule has 0 amide bonds. The highest BCUT2D eigenvalue weighted by molar-refractivity contribution is 7.90. The van der Waals surface area contributed by atoms with Crippen LogP contribution < -0.4 is 10.6 Å². The van der Waals surface area contributed by atoms with Crippen molar-refractivity contribution in [3.05, 3.63) is 18.5 Å². The molecule has 2 aliphatic heterocycles. The molecule has 11 heteroatoms. The summed E-state index contributed by atoms with van der Waals surface area (Å²) in [4.78, 5) is 8.81. The van der Waals surface area contributed by atoms with Crippen LogP contribution in [-0.2, 0) is 10.0 Å². The summed E-state index contributed by atoms with van der Waals surface area (Å²) < 4.78 is 57.0. The third-order valence-electron chi connectivity index (χ3n) is 6.31. The van der Waals surface area contributed by atoms with Gasteiger partial charge in [0.1, 0.15) is 18.0 Å². The van der Waals surface area contributed by atoms with E-state index in [0.717, 1.165) is 11.9 Å². The number of alkyl halides is 2. The van der Waals surface area contributed by atoms with Crippen LogP contribution in [0.3, 0.4) is 0 Å². The van der Waals surface area contributed by atoms with Crippen molar-refractivity contribution in [3.63, 3.8) is 0 Å². The third kappa shape index (κ3) is 3.67. The number of hydrogen-bond acceptors (Lipinski definition) is 6. The minimum atomic E-state index is -3.37. The normalized spacial score (nSPS) is 31.1. The predicted octanol–water partition coefficient (Wildman–Crippen LogP) is 1.62. The number of aromatic nitrogens is 3. The fourth-order valence-corrected chi connectivity index (χ4v) is 6.27. The van der Waals surface area contributed by atoms with Gasteiger partial charge in [0, 0.05) is 37.4 Å². The van der Waals surface area contributed by atoms with E-state index in [9.17, 15) is 17.2 Å². The molecule has 0 spiro atoms. The van der Waals surface area contributed by atoms with Crippen molar-refractivity contribution < 1.29 is 17.2 Å². The van der Waals surface area contributed by atoms with Crippen LogP contribution >= 0.6 is 0 Å². The minimum absolute atomic E-state index is 0.145. The van der Waals surface area contributed by atoms with Crippen molar-refractivity contribution in [1.82, 2.24) is 24.2 Å². The van der Waals surface area contributed by atoms with Gasteiger partial charge in [0.15, 0.2) is 0 Å². The van der Waals surface area contributed by atoms with Gasteiger partial charge in [-0.25, -0.2) is 22.2 Å². The molecule has 164 valence electrons. The Morgan fingerprint density at radius 1 is 1.17 bits per heavy atom. The van der Waals surface area contributed by atoms with Gasteiger partial charge in [-0.1, -0.05) is 0 Å². The zero-order valence-corrected chi connectivity index (χ0v) is 17.4. The van der Waals surface area contributed by atoms with Crippen molar-refractivity contribution in [2.75, 3.05) is 31.5 Å². The lowest BCUT2D eigenvalue weighted by atomic mass is 10.0. The first-order valence-corrected chi connectivity index (χ1v) is 12.0. The van der Waals surface area contributed by atoms with Crippen LogP contribution in [0.5, 0.6) is 0 Å². The van der Waals surface area contributed by atoms with Gasteiger partial charge >= 0.3 is 0 Å². The van der Waals surface area contributed by atoms with E-state index < -0.39 is 28.4 Å². The molecule has 3 fully saturated rings. The molecule has 8 nitrogen and oxygen atoms in total. The predicted molar refractivity (Wildman–Crippen MR) is 109 cm³/mol. The first kappa shape index (κ1) is 20.1. The van der Waals surface area contributed by atoms with E-state index >= 15 is 0 Å². The highest BCUT2D eigenvalue weighted by atomic mass is 32.2. The molecule has 3 aliphatic rings. The quantitative estimate of drug-likeness (QED) is 0.734. The second-order valence-corrected chi connectivity index (χ2v) is 10.6. The summed E-state index contributed by atoms with van der Waals surface area (Å²) >= 11 is 0. The molecular formula is C19H26F2N6O2S. The molecule has 0 unspecified atom stereocenters. The standard InChI is InChI=1S/C19H26F2N6O2S/c20-14-10-22-6-3-17(14)27-8-4-12-9-23-19(25-18(12)27)24-16-5-7-26(11-15(16)21)30(28,29)13-1-2-13/h4,8-9,13-17,22H,1-3,5-7,10-11H2,(H,23,24,25)/t14-,15+,16+,17-/m0/s1. The second-order valence-electron chi connectivity index (χ2n) is 8.43. The maximum absolute atomic E-state index is 14.8. The summed E-state index contributed by atoms with van der Waals surface area (Å²) in [7, 11) is -3.37. The Morgan fingerprint density at radius 3 is 2.73 bits per heavy atom. The summed E-state index contributed by atoms with van der Waals surface area (Å²) in [6.07, 6.45) is 3.46. The molecule has 0 aromatic carbocycles. The molecular weight excluding hydrogens is 414 g/mol. The highest BCUT2D eigenvalue weighted by Crippen LogP contribution is 2.33. The lowest BCUT2D eigenvalue weighted by Gasteiger charge is -2.34. The lowest BCUT2D eigenvalue weighted by molar-refractivity contribution is 0.185. The molecule has 2 saturated heterocycles. The lowest BCUT2D eigenvalue weighted by Crippen LogP contribution is -2.50. The first-order chi connectivity index (χ1) is 14.4. The summed E-state index contributed by atoms with van der Waals surface area (Å²) in [6, 6.07) is 0.994. The Labute approximate surface area is 174 Å². The summed E-state index contributed by atoms with van der Waals surface area (Å²) in [5.74, 6) is 0.276. The molecule has 1 saturated carbocycles. The van der Waals surface area contributed by atoms with E-state index in [1.807, 2.05) is 16.8 Å². The molecule has 2 aromatic heterocycles. The van der Waals surface area contributed by atoms with Crippen molar-refractivity contribution in [1.29, 1.82) is 0 Å². The largest absolute Gasteiger partial charge is 0.348 e. The molecule has 1 aliphatic carbocycles. The smallest absolute Gasteiger partial charge is 0.224 e. The number of nitrogens with one attached hydrogen (secondary N) is 2. The monoisotopic (exact) mass is 440 g/mol.